The lowest BCUT2D eigenvalue weighted by Gasteiger charge is -2.02. The first kappa shape index (κ1) is 9.97. The lowest BCUT2D eigenvalue weighted by molar-refractivity contribution is 0.419. The van der Waals surface area contributed by atoms with Crippen LogP contribution in [0.25, 0.3) is 21.6 Å². The summed E-state index contributed by atoms with van der Waals surface area (Å²) in [5, 5.41) is 14.2. The standard InChI is InChI=1S/C9H8N6OS/c1-16-5-3-2-4(8-12-14-15-13-8)7-6(5)11-9(10)17-7/h2-3H,1H3,(H2,10,11)(H,12,13,14,15). The topological polar surface area (TPSA) is 103 Å². The Balaban J connectivity index is 2.34. The minimum Gasteiger partial charge on any atom is -0.494 e. The molecule has 0 aliphatic heterocycles. The van der Waals surface area contributed by atoms with Crippen LogP contribution < -0.4 is 10.5 Å². The summed E-state index contributed by atoms with van der Waals surface area (Å²) in [5.74, 6) is 1.27. The number of hydrogen-bond acceptors (Lipinski definition) is 7. The number of H-pyrrole nitrogens is 1. The van der Waals surface area contributed by atoms with Gasteiger partial charge < -0.3 is 10.5 Å². The fraction of sp³-hybridized carbons (Fsp3) is 0.111. The lowest BCUT2D eigenvalue weighted by atomic mass is 10.2. The number of rotatable bonds is 2. The highest BCUT2D eigenvalue weighted by Gasteiger charge is 2.14. The quantitative estimate of drug-likeness (QED) is 0.703. The Labute approximate surface area is 99.6 Å². The Morgan fingerprint density at radius 2 is 2.29 bits per heavy atom. The van der Waals surface area contributed by atoms with Gasteiger partial charge in [-0.05, 0) is 22.6 Å². The van der Waals surface area contributed by atoms with Gasteiger partial charge in [0.05, 0.1) is 11.8 Å². The number of nitrogens with two attached hydrogens (primary N) is 1. The van der Waals surface area contributed by atoms with Crippen molar-refractivity contribution in [3.8, 4) is 17.1 Å². The molecule has 3 N–H and O–H groups in total. The zero-order valence-electron chi connectivity index (χ0n) is 8.84. The number of anilines is 1. The number of nitrogens with one attached hydrogen (secondary N) is 1. The van der Waals surface area contributed by atoms with Crippen LogP contribution in [0.2, 0.25) is 0 Å². The van der Waals surface area contributed by atoms with Crippen molar-refractivity contribution in [1.82, 2.24) is 25.6 Å². The first-order valence-corrected chi connectivity index (χ1v) is 5.58. The van der Waals surface area contributed by atoms with E-state index in [1.54, 1.807) is 7.11 Å². The maximum absolute atomic E-state index is 5.73. The maximum Gasteiger partial charge on any atom is 0.181 e. The molecule has 0 fully saturated rings. The molecule has 3 rings (SSSR count). The Hall–Kier alpha value is -2.22. The second-order valence-corrected chi connectivity index (χ2v) is 4.33. The van der Waals surface area contributed by atoms with Gasteiger partial charge in [0.15, 0.2) is 11.0 Å². The molecule has 2 heterocycles. The Morgan fingerprint density at radius 3 is 3.00 bits per heavy atom. The van der Waals surface area contributed by atoms with Gasteiger partial charge in [-0.3, -0.25) is 0 Å². The molecule has 0 saturated heterocycles. The van der Waals surface area contributed by atoms with Crippen LogP contribution in [-0.2, 0) is 0 Å². The van der Waals surface area contributed by atoms with Gasteiger partial charge >= 0.3 is 0 Å². The van der Waals surface area contributed by atoms with Crippen LogP contribution in [0.1, 0.15) is 0 Å². The van der Waals surface area contributed by atoms with Gasteiger partial charge in [-0.2, -0.15) is 0 Å². The number of hydrogen-bond donors (Lipinski definition) is 2. The lowest BCUT2D eigenvalue weighted by Crippen LogP contribution is -1.88. The third-order valence-electron chi connectivity index (χ3n) is 2.34. The van der Waals surface area contributed by atoms with Gasteiger partial charge in [0.1, 0.15) is 11.3 Å². The van der Waals surface area contributed by atoms with Gasteiger partial charge in [-0.25, -0.2) is 10.1 Å². The summed E-state index contributed by atoms with van der Waals surface area (Å²) in [6, 6.07) is 3.69. The van der Waals surface area contributed by atoms with E-state index in [2.05, 4.69) is 25.6 Å². The van der Waals surface area contributed by atoms with Gasteiger partial charge in [0.2, 0.25) is 0 Å². The van der Waals surface area contributed by atoms with Gasteiger partial charge in [-0.15, -0.1) is 5.10 Å². The zero-order valence-corrected chi connectivity index (χ0v) is 9.65. The van der Waals surface area contributed by atoms with Crippen LogP contribution >= 0.6 is 11.3 Å². The van der Waals surface area contributed by atoms with Crippen LogP contribution in [0.3, 0.4) is 0 Å². The number of thiazole rings is 1. The summed E-state index contributed by atoms with van der Waals surface area (Å²) < 4.78 is 6.14. The van der Waals surface area contributed by atoms with E-state index in [9.17, 15) is 0 Å². The number of benzene rings is 1. The summed E-state index contributed by atoms with van der Waals surface area (Å²) in [6.45, 7) is 0. The molecule has 0 unspecified atom stereocenters. The van der Waals surface area contributed by atoms with E-state index in [-0.39, 0.29) is 0 Å². The molecule has 1 aromatic carbocycles. The molecule has 0 amide bonds. The summed E-state index contributed by atoms with van der Waals surface area (Å²) in [4.78, 5) is 4.24. The van der Waals surface area contributed by atoms with Crippen LogP contribution in [0, 0.1) is 0 Å². The van der Waals surface area contributed by atoms with Gasteiger partial charge in [0, 0.05) is 5.56 Å². The van der Waals surface area contributed by atoms with Gasteiger partial charge in [0.25, 0.3) is 0 Å². The molecule has 7 nitrogen and oxygen atoms in total. The van der Waals surface area contributed by atoms with E-state index >= 15 is 0 Å². The molecule has 2 aromatic heterocycles. The van der Waals surface area contributed by atoms with Crippen molar-refractivity contribution >= 4 is 26.7 Å². The van der Waals surface area contributed by atoms with Crippen molar-refractivity contribution < 1.29 is 4.74 Å². The number of tetrazole rings is 1. The molecule has 0 saturated carbocycles. The van der Waals surface area contributed by atoms with Crippen molar-refractivity contribution in [1.29, 1.82) is 0 Å². The van der Waals surface area contributed by atoms with E-state index in [1.165, 1.54) is 11.3 Å². The average Bonchev–Trinajstić information content (AvgIpc) is 2.95. The minimum atomic E-state index is 0.484. The molecule has 0 bridgehead atoms. The zero-order chi connectivity index (χ0) is 11.8. The monoisotopic (exact) mass is 248 g/mol. The highest BCUT2D eigenvalue weighted by atomic mass is 32.1. The second-order valence-electron chi connectivity index (χ2n) is 3.30. The second kappa shape index (κ2) is 3.67. The molecule has 0 aliphatic carbocycles. The van der Waals surface area contributed by atoms with E-state index < -0.39 is 0 Å². The molecular weight excluding hydrogens is 240 g/mol. The molecule has 86 valence electrons. The van der Waals surface area contributed by atoms with E-state index in [0.717, 1.165) is 15.8 Å². The highest BCUT2D eigenvalue weighted by molar-refractivity contribution is 7.22. The SMILES string of the molecule is COc1ccc(-c2nnn[nH]2)c2sc(N)nc12. The molecule has 0 radical (unpaired) electrons. The highest BCUT2D eigenvalue weighted by Crippen LogP contribution is 2.37. The fourth-order valence-corrected chi connectivity index (χ4v) is 2.49. The molecular formula is C9H8N6OS. The molecule has 8 heteroatoms. The van der Waals surface area contributed by atoms with Crippen molar-refractivity contribution in [2.45, 2.75) is 0 Å². The molecule has 0 aliphatic rings. The fourth-order valence-electron chi connectivity index (χ4n) is 1.62. The molecule has 3 aromatic rings. The van der Waals surface area contributed by atoms with Crippen molar-refractivity contribution in [2.75, 3.05) is 12.8 Å². The van der Waals surface area contributed by atoms with Crippen LogP contribution in [0.15, 0.2) is 12.1 Å². The van der Waals surface area contributed by atoms with Crippen LogP contribution in [0.4, 0.5) is 5.13 Å². The minimum absolute atomic E-state index is 0.484. The third-order valence-corrected chi connectivity index (χ3v) is 3.26. The molecule has 0 spiro atoms. The average molecular weight is 248 g/mol. The first-order valence-electron chi connectivity index (χ1n) is 4.76. The smallest absolute Gasteiger partial charge is 0.181 e. The summed E-state index contributed by atoms with van der Waals surface area (Å²) in [7, 11) is 1.60. The largest absolute Gasteiger partial charge is 0.494 e. The first-order chi connectivity index (χ1) is 8.29. The van der Waals surface area contributed by atoms with Crippen LogP contribution in [0.5, 0.6) is 5.75 Å². The molecule has 0 atom stereocenters. The Kier molecular flexibility index (Phi) is 2.15. The van der Waals surface area contributed by atoms with Crippen LogP contribution in [-0.4, -0.2) is 32.7 Å². The predicted octanol–water partition coefficient (Wildman–Crippen LogP) is 1.07. The Bertz CT molecular complexity index is 661. The number of fused-ring (bicyclic) bond motifs is 1. The number of nitrogens with zero attached hydrogens (tertiary/aromatic N) is 4. The maximum atomic E-state index is 5.73. The number of aromatic nitrogens is 5. The number of methoxy groups -OCH3 is 1. The van der Waals surface area contributed by atoms with Gasteiger partial charge in [-0.1, -0.05) is 11.3 Å². The van der Waals surface area contributed by atoms with Crippen molar-refractivity contribution in [2.24, 2.45) is 0 Å². The number of ether oxygens (including phenoxy) is 1. The van der Waals surface area contributed by atoms with Crippen molar-refractivity contribution in [3.05, 3.63) is 12.1 Å². The Morgan fingerprint density at radius 1 is 1.41 bits per heavy atom. The van der Waals surface area contributed by atoms with Crippen molar-refractivity contribution in [3.63, 3.8) is 0 Å². The van der Waals surface area contributed by atoms with E-state index in [4.69, 9.17) is 10.5 Å². The predicted molar refractivity (Wildman–Crippen MR) is 63.8 cm³/mol. The summed E-state index contributed by atoms with van der Waals surface area (Å²) in [6.07, 6.45) is 0. The third kappa shape index (κ3) is 1.49. The summed E-state index contributed by atoms with van der Waals surface area (Å²) in [5.41, 5.74) is 7.31. The van der Waals surface area contributed by atoms with E-state index in [1.807, 2.05) is 12.1 Å². The number of nitrogen functional groups attached to an aromatic ring is 1. The van der Waals surface area contributed by atoms with E-state index in [0.29, 0.717) is 16.7 Å². The molecule has 17 heavy (non-hydrogen) atoms. The number of aromatic amines is 1. The summed E-state index contributed by atoms with van der Waals surface area (Å²) >= 11 is 1.38. The normalized spacial score (nSPS) is 10.9.